The molecule has 0 radical (unpaired) electrons. The number of carbonyl (C=O) groups is 1. The number of hydrogen-bond acceptors (Lipinski definition) is 3. The number of amides is 1. The number of ether oxygens (including phenoxy) is 2. The van der Waals surface area contributed by atoms with Gasteiger partial charge in [0.05, 0.1) is 13.7 Å². The van der Waals surface area contributed by atoms with E-state index >= 15 is 0 Å². The first kappa shape index (κ1) is 20.0. The second-order valence-electron chi connectivity index (χ2n) is 6.33. The Kier molecular flexibility index (Phi) is 8.16. The van der Waals surface area contributed by atoms with E-state index < -0.39 is 0 Å². The fourth-order valence-corrected chi connectivity index (χ4v) is 2.70. The highest BCUT2D eigenvalue weighted by Gasteiger charge is 2.11. The van der Waals surface area contributed by atoms with Crippen molar-refractivity contribution in [3.63, 3.8) is 0 Å². The second kappa shape index (κ2) is 10.6. The van der Waals surface area contributed by atoms with E-state index in [1.165, 1.54) is 18.4 Å². The lowest BCUT2D eigenvalue weighted by atomic mass is 10.1. The quantitative estimate of drug-likeness (QED) is 0.595. The van der Waals surface area contributed by atoms with E-state index in [1.54, 1.807) is 13.2 Å². The molecule has 2 aromatic rings. The van der Waals surface area contributed by atoms with Gasteiger partial charge in [-0.3, -0.25) is 4.79 Å². The maximum atomic E-state index is 12.6. The smallest absolute Gasteiger partial charge is 0.255 e. The van der Waals surface area contributed by atoms with Crippen molar-refractivity contribution in [2.24, 2.45) is 0 Å². The topological polar surface area (TPSA) is 47.6 Å². The molecule has 0 heterocycles. The van der Waals surface area contributed by atoms with Gasteiger partial charge in [-0.15, -0.1) is 0 Å². The zero-order valence-corrected chi connectivity index (χ0v) is 16.0. The van der Waals surface area contributed by atoms with Crippen LogP contribution in [0.1, 0.15) is 54.6 Å². The summed E-state index contributed by atoms with van der Waals surface area (Å²) in [4.78, 5) is 12.6. The monoisotopic (exact) mass is 355 g/mol. The predicted molar refractivity (Wildman–Crippen MR) is 106 cm³/mol. The normalized spacial score (nSPS) is 10.6. The van der Waals surface area contributed by atoms with Crippen LogP contribution in [0.2, 0.25) is 0 Å². The zero-order chi connectivity index (χ0) is 18.8. The Balaban J connectivity index is 2.05. The maximum Gasteiger partial charge on any atom is 0.255 e. The number of hydrogen-bond donors (Lipinski definition) is 1. The van der Waals surface area contributed by atoms with Crippen LogP contribution in [-0.4, -0.2) is 19.6 Å². The molecule has 0 aromatic heterocycles. The number of unbranched alkanes of at least 4 members (excludes halogenated alkanes) is 1. The van der Waals surface area contributed by atoms with Crippen LogP contribution in [0.5, 0.6) is 5.75 Å². The Morgan fingerprint density at radius 2 is 1.81 bits per heavy atom. The molecule has 4 nitrogen and oxygen atoms in total. The molecule has 0 fully saturated rings. The van der Waals surface area contributed by atoms with E-state index in [4.69, 9.17) is 9.47 Å². The Labute approximate surface area is 156 Å². The predicted octanol–water partition coefficient (Wildman–Crippen LogP) is 5.22. The van der Waals surface area contributed by atoms with Gasteiger partial charge in [0.1, 0.15) is 5.75 Å². The van der Waals surface area contributed by atoms with Crippen LogP contribution in [0.4, 0.5) is 5.69 Å². The van der Waals surface area contributed by atoms with E-state index in [1.807, 2.05) is 24.3 Å². The summed E-state index contributed by atoms with van der Waals surface area (Å²) in [5, 5.41) is 2.95. The van der Waals surface area contributed by atoms with Gasteiger partial charge in [-0.2, -0.15) is 0 Å². The summed E-state index contributed by atoms with van der Waals surface area (Å²) in [6.07, 6.45) is 4.39. The summed E-state index contributed by atoms with van der Waals surface area (Å²) in [7, 11) is 1.62. The summed E-state index contributed by atoms with van der Waals surface area (Å²) in [5.41, 5.74) is 3.57. The lowest BCUT2D eigenvalue weighted by Gasteiger charge is -2.12. The summed E-state index contributed by atoms with van der Waals surface area (Å²) in [6.45, 7) is 5.37. The minimum Gasteiger partial charge on any atom is -0.496 e. The third kappa shape index (κ3) is 5.88. The Morgan fingerprint density at radius 3 is 2.46 bits per heavy atom. The molecule has 0 aliphatic carbocycles. The zero-order valence-electron chi connectivity index (χ0n) is 16.0. The molecule has 0 unspecified atom stereocenters. The minimum absolute atomic E-state index is 0.134. The van der Waals surface area contributed by atoms with E-state index in [9.17, 15) is 4.79 Å². The van der Waals surface area contributed by atoms with Gasteiger partial charge in [-0.05, 0) is 55.2 Å². The van der Waals surface area contributed by atoms with Crippen molar-refractivity contribution in [3.05, 3.63) is 59.2 Å². The molecule has 4 heteroatoms. The van der Waals surface area contributed by atoms with Crippen LogP contribution in [0, 0.1) is 0 Å². The molecule has 0 saturated heterocycles. The number of anilines is 1. The second-order valence-corrected chi connectivity index (χ2v) is 6.33. The van der Waals surface area contributed by atoms with Gasteiger partial charge in [0.25, 0.3) is 5.91 Å². The molecular weight excluding hydrogens is 326 g/mol. The van der Waals surface area contributed by atoms with Crippen molar-refractivity contribution in [3.8, 4) is 5.75 Å². The van der Waals surface area contributed by atoms with Gasteiger partial charge in [0.15, 0.2) is 0 Å². The lowest BCUT2D eigenvalue weighted by molar-refractivity contribution is 0.102. The molecule has 0 saturated carbocycles. The average molecular weight is 355 g/mol. The molecule has 140 valence electrons. The molecule has 0 aliphatic heterocycles. The van der Waals surface area contributed by atoms with Crippen LogP contribution < -0.4 is 10.1 Å². The van der Waals surface area contributed by atoms with Crippen LogP contribution in [0.15, 0.2) is 42.5 Å². The maximum absolute atomic E-state index is 12.6. The van der Waals surface area contributed by atoms with Crippen molar-refractivity contribution < 1.29 is 14.3 Å². The van der Waals surface area contributed by atoms with Crippen LogP contribution in [-0.2, 0) is 17.8 Å². The number of benzene rings is 2. The number of methoxy groups -OCH3 is 1. The largest absolute Gasteiger partial charge is 0.496 e. The van der Waals surface area contributed by atoms with Crippen LogP contribution in [0.25, 0.3) is 0 Å². The third-order valence-corrected chi connectivity index (χ3v) is 4.18. The molecule has 26 heavy (non-hydrogen) atoms. The molecular formula is C22H29NO3. The van der Waals surface area contributed by atoms with E-state index in [-0.39, 0.29) is 5.91 Å². The molecule has 2 aromatic carbocycles. The number of aryl methyl sites for hydroxylation is 1. The summed E-state index contributed by atoms with van der Waals surface area (Å²) in [6, 6.07) is 13.5. The fourth-order valence-electron chi connectivity index (χ4n) is 2.70. The van der Waals surface area contributed by atoms with Crippen LogP contribution >= 0.6 is 0 Å². The standard InChI is InChI=1S/C22H29NO3/c1-4-6-7-17-8-11-20(12-9-17)23-22(24)18-10-13-21(25-3)19(15-18)16-26-14-5-2/h8-13,15H,4-7,14,16H2,1-3H3,(H,23,24). The highest BCUT2D eigenvalue weighted by atomic mass is 16.5. The van der Waals surface area contributed by atoms with Crippen molar-refractivity contribution in [2.45, 2.75) is 46.1 Å². The van der Waals surface area contributed by atoms with E-state index in [0.717, 1.165) is 29.8 Å². The first-order valence-corrected chi connectivity index (χ1v) is 9.32. The highest BCUT2D eigenvalue weighted by Crippen LogP contribution is 2.22. The van der Waals surface area contributed by atoms with Gasteiger partial charge in [0.2, 0.25) is 0 Å². The summed E-state index contributed by atoms with van der Waals surface area (Å²) in [5.74, 6) is 0.601. The number of nitrogens with one attached hydrogen (secondary N) is 1. The van der Waals surface area contributed by atoms with Crippen molar-refractivity contribution in [1.82, 2.24) is 0 Å². The number of rotatable bonds is 10. The molecule has 1 N–H and O–H groups in total. The Morgan fingerprint density at radius 1 is 1.04 bits per heavy atom. The Bertz CT molecular complexity index is 695. The molecule has 0 bridgehead atoms. The molecule has 1 amide bonds. The van der Waals surface area contributed by atoms with Crippen molar-refractivity contribution >= 4 is 11.6 Å². The first-order valence-electron chi connectivity index (χ1n) is 9.32. The first-order chi connectivity index (χ1) is 12.7. The van der Waals surface area contributed by atoms with E-state index in [2.05, 4.69) is 31.3 Å². The molecule has 0 aliphatic rings. The van der Waals surface area contributed by atoms with Gasteiger partial charge in [-0.1, -0.05) is 32.4 Å². The van der Waals surface area contributed by atoms with Crippen molar-refractivity contribution in [2.75, 3.05) is 19.0 Å². The Hall–Kier alpha value is -2.33. The molecule has 0 atom stereocenters. The van der Waals surface area contributed by atoms with Crippen molar-refractivity contribution in [1.29, 1.82) is 0 Å². The van der Waals surface area contributed by atoms with Gasteiger partial charge in [-0.25, -0.2) is 0 Å². The van der Waals surface area contributed by atoms with Crippen LogP contribution in [0.3, 0.4) is 0 Å². The lowest BCUT2D eigenvalue weighted by Crippen LogP contribution is -2.12. The number of carbonyl (C=O) groups excluding carboxylic acids is 1. The summed E-state index contributed by atoms with van der Waals surface area (Å²) >= 11 is 0. The molecule has 0 spiro atoms. The fraction of sp³-hybridized carbons (Fsp3) is 0.409. The van der Waals surface area contributed by atoms with Gasteiger partial charge < -0.3 is 14.8 Å². The highest BCUT2D eigenvalue weighted by molar-refractivity contribution is 6.04. The van der Waals surface area contributed by atoms with E-state index in [0.29, 0.717) is 18.8 Å². The molecule has 2 rings (SSSR count). The third-order valence-electron chi connectivity index (χ3n) is 4.18. The average Bonchev–Trinajstić information content (AvgIpc) is 2.67. The minimum atomic E-state index is -0.134. The van der Waals surface area contributed by atoms with Gasteiger partial charge >= 0.3 is 0 Å². The summed E-state index contributed by atoms with van der Waals surface area (Å²) < 4.78 is 11.0. The van der Waals surface area contributed by atoms with Gasteiger partial charge in [0, 0.05) is 23.4 Å². The SMILES string of the molecule is CCCCc1ccc(NC(=O)c2ccc(OC)c(COCCC)c2)cc1.